The van der Waals surface area contributed by atoms with E-state index >= 15 is 0 Å². The first-order valence-corrected chi connectivity index (χ1v) is 23.2. The lowest BCUT2D eigenvalue weighted by Gasteiger charge is -2.15. The molecule has 0 radical (unpaired) electrons. The lowest BCUT2D eigenvalue weighted by atomic mass is 9.91. The van der Waals surface area contributed by atoms with Crippen LogP contribution >= 0.6 is 22.7 Å². The van der Waals surface area contributed by atoms with E-state index in [1.54, 1.807) is 11.3 Å². The van der Waals surface area contributed by atoms with Gasteiger partial charge in [0, 0.05) is 47.3 Å². The lowest BCUT2D eigenvalue weighted by Crippen LogP contribution is -1.96. The van der Waals surface area contributed by atoms with E-state index in [0.717, 1.165) is 50.2 Å². The molecular formula is C60H38N2S2. The summed E-state index contributed by atoms with van der Waals surface area (Å²) in [5.74, 6) is 0. The van der Waals surface area contributed by atoms with Crippen LogP contribution in [0.4, 0.5) is 0 Å². The zero-order valence-electron chi connectivity index (χ0n) is 34.7. The molecule has 0 atom stereocenters. The summed E-state index contributed by atoms with van der Waals surface area (Å²) in [5.41, 5.74) is 18.7. The van der Waals surface area contributed by atoms with Crippen LogP contribution in [0.25, 0.3) is 120 Å². The number of nitrogens with zero attached hydrogens (tertiary/aromatic N) is 2. The quantitative estimate of drug-likeness (QED) is 0.152. The average molecular weight is 851 g/mol. The fourth-order valence-corrected chi connectivity index (χ4v) is 11.2. The Morgan fingerprint density at radius 1 is 0.297 bits per heavy atom. The molecule has 0 amide bonds. The van der Waals surface area contributed by atoms with Crippen LogP contribution < -0.4 is 0 Å². The Balaban J connectivity index is 1.06. The van der Waals surface area contributed by atoms with E-state index < -0.39 is 0 Å². The van der Waals surface area contributed by atoms with Gasteiger partial charge in [0.25, 0.3) is 0 Å². The summed E-state index contributed by atoms with van der Waals surface area (Å²) in [6.07, 6.45) is 0. The minimum Gasteiger partial charge on any atom is -0.244 e. The van der Waals surface area contributed by atoms with Gasteiger partial charge in [0.2, 0.25) is 0 Å². The number of rotatable bonds is 8. The van der Waals surface area contributed by atoms with Crippen LogP contribution in [-0.4, -0.2) is 9.97 Å². The Hall–Kier alpha value is -7.76. The second-order valence-electron chi connectivity index (χ2n) is 16.1. The molecule has 3 heterocycles. The number of aromatic nitrogens is 2. The third-order valence-electron chi connectivity index (χ3n) is 12.2. The van der Waals surface area contributed by atoms with Gasteiger partial charge >= 0.3 is 0 Å². The molecular weight excluding hydrogens is 813 g/mol. The van der Waals surface area contributed by atoms with Crippen LogP contribution in [0.5, 0.6) is 0 Å². The van der Waals surface area contributed by atoms with Gasteiger partial charge in [-0.05, 0) is 104 Å². The number of para-hydroxylation sites is 2. The molecule has 0 spiro atoms. The third kappa shape index (κ3) is 7.00. The van der Waals surface area contributed by atoms with Gasteiger partial charge in [-0.25, -0.2) is 9.97 Å². The Labute approximate surface area is 380 Å². The molecule has 2 nitrogen and oxygen atoms in total. The first-order valence-electron chi connectivity index (χ1n) is 21.5. The van der Waals surface area contributed by atoms with Gasteiger partial charge in [-0.3, -0.25) is 0 Å². The monoisotopic (exact) mass is 850 g/mol. The summed E-state index contributed by atoms with van der Waals surface area (Å²) >= 11 is 3.66. The summed E-state index contributed by atoms with van der Waals surface area (Å²) in [7, 11) is 0. The molecule has 0 aliphatic rings. The number of hydrogen-bond acceptors (Lipinski definition) is 4. The van der Waals surface area contributed by atoms with Crippen LogP contribution in [-0.2, 0) is 0 Å². The van der Waals surface area contributed by atoms with Crippen molar-refractivity contribution in [3.8, 4) is 88.6 Å². The van der Waals surface area contributed by atoms with Gasteiger partial charge in [-0.2, -0.15) is 0 Å². The van der Waals surface area contributed by atoms with Crippen LogP contribution in [0.2, 0.25) is 0 Å². The van der Waals surface area contributed by atoms with Crippen molar-refractivity contribution in [3.05, 3.63) is 230 Å². The highest BCUT2D eigenvalue weighted by molar-refractivity contribution is 7.23. The maximum absolute atomic E-state index is 5.42. The molecule has 0 aliphatic carbocycles. The van der Waals surface area contributed by atoms with Gasteiger partial charge in [0.1, 0.15) is 0 Å². The molecule has 0 unspecified atom stereocenters. The number of fused-ring (bicyclic) bond motifs is 3. The number of thiophene rings is 2. The summed E-state index contributed by atoms with van der Waals surface area (Å²) in [5, 5.41) is 4.80. The van der Waals surface area contributed by atoms with Gasteiger partial charge in [0.15, 0.2) is 0 Å². The molecule has 0 fully saturated rings. The Bertz CT molecular complexity index is 3650. The van der Waals surface area contributed by atoms with E-state index in [1.165, 1.54) is 69.6 Å². The molecule has 0 N–H and O–H groups in total. The van der Waals surface area contributed by atoms with E-state index in [0.29, 0.717) is 0 Å². The predicted octanol–water partition coefficient (Wildman–Crippen LogP) is 17.4. The SMILES string of the molecule is c1ccc(-c2ccc(-c3csc4cc(-c5cc(-c6nc7ccccc7nc6-c6ccccc6)cc(-c6c(-c7cccc(-c8ccccc8)c7)sc7ccccc67)c5)ccc34)cc2)cc1. The van der Waals surface area contributed by atoms with Gasteiger partial charge in [0.05, 0.1) is 22.4 Å². The Morgan fingerprint density at radius 2 is 0.797 bits per heavy atom. The molecule has 0 bridgehead atoms. The Morgan fingerprint density at radius 3 is 1.53 bits per heavy atom. The summed E-state index contributed by atoms with van der Waals surface area (Å²) in [6, 6.07) is 80.7. The number of hydrogen-bond donors (Lipinski definition) is 0. The van der Waals surface area contributed by atoms with Gasteiger partial charge < -0.3 is 0 Å². The normalized spacial score (nSPS) is 11.4. The van der Waals surface area contributed by atoms with Gasteiger partial charge in [-0.1, -0.05) is 176 Å². The molecule has 64 heavy (non-hydrogen) atoms. The van der Waals surface area contributed by atoms with Crippen molar-refractivity contribution < 1.29 is 0 Å². The van der Waals surface area contributed by atoms with Crippen molar-refractivity contribution in [1.29, 1.82) is 0 Å². The van der Waals surface area contributed by atoms with Crippen molar-refractivity contribution in [2.24, 2.45) is 0 Å². The zero-order valence-corrected chi connectivity index (χ0v) is 36.3. The standard InChI is InChI=1S/C60H38N2S2/c1-4-15-39(16-5-1)41-27-29-42(30-28-41)52-38-63-56-37-45(31-32-50(52)56)47-34-48(36-49(35-47)59-58(43-19-8-3-9-20-43)61-53-24-11-12-25-54(53)62-59)57-51-23-10-13-26-55(51)64-60(57)46-22-14-21-44(33-46)40-17-6-2-7-18-40/h1-38H. The molecule has 12 rings (SSSR count). The molecule has 9 aromatic carbocycles. The van der Waals surface area contributed by atoms with Crippen molar-refractivity contribution in [1.82, 2.24) is 9.97 Å². The highest BCUT2D eigenvalue weighted by Crippen LogP contribution is 2.48. The minimum absolute atomic E-state index is 0.860. The lowest BCUT2D eigenvalue weighted by molar-refractivity contribution is 1.29. The third-order valence-corrected chi connectivity index (χ3v) is 14.3. The summed E-state index contributed by atoms with van der Waals surface area (Å²) in [4.78, 5) is 12.0. The largest absolute Gasteiger partial charge is 0.244 e. The van der Waals surface area contributed by atoms with Crippen molar-refractivity contribution in [2.75, 3.05) is 0 Å². The topological polar surface area (TPSA) is 25.8 Å². The fraction of sp³-hybridized carbons (Fsp3) is 0. The second kappa shape index (κ2) is 16.2. The molecule has 3 aromatic heterocycles. The minimum atomic E-state index is 0.860. The van der Waals surface area contributed by atoms with Crippen molar-refractivity contribution in [3.63, 3.8) is 0 Å². The summed E-state index contributed by atoms with van der Waals surface area (Å²) < 4.78 is 2.51. The van der Waals surface area contributed by atoms with E-state index in [4.69, 9.17) is 9.97 Å². The second-order valence-corrected chi connectivity index (χ2v) is 18.1. The molecule has 0 saturated carbocycles. The number of benzene rings is 9. The highest BCUT2D eigenvalue weighted by Gasteiger charge is 2.21. The van der Waals surface area contributed by atoms with Crippen molar-refractivity contribution in [2.45, 2.75) is 0 Å². The first kappa shape index (κ1) is 38.0. The highest BCUT2D eigenvalue weighted by atomic mass is 32.1. The van der Waals surface area contributed by atoms with Crippen LogP contribution in [0, 0.1) is 0 Å². The van der Waals surface area contributed by atoms with E-state index in [-0.39, 0.29) is 0 Å². The van der Waals surface area contributed by atoms with E-state index in [1.807, 2.05) is 23.5 Å². The van der Waals surface area contributed by atoms with E-state index in [9.17, 15) is 0 Å². The first-order chi connectivity index (χ1) is 31.7. The summed E-state index contributed by atoms with van der Waals surface area (Å²) in [6.45, 7) is 0. The fourth-order valence-electron chi connectivity index (χ4n) is 8.98. The molecule has 0 saturated heterocycles. The van der Waals surface area contributed by atoms with Gasteiger partial charge in [-0.15, -0.1) is 22.7 Å². The maximum Gasteiger partial charge on any atom is 0.0973 e. The smallest absolute Gasteiger partial charge is 0.0973 e. The Kier molecular flexibility index (Phi) is 9.59. The van der Waals surface area contributed by atoms with E-state index in [2.05, 4.69) is 218 Å². The zero-order chi connectivity index (χ0) is 42.4. The maximum atomic E-state index is 5.42. The van der Waals surface area contributed by atoms with Crippen LogP contribution in [0.3, 0.4) is 0 Å². The molecule has 12 aromatic rings. The average Bonchev–Trinajstić information content (AvgIpc) is 3.99. The molecule has 0 aliphatic heterocycles. The van der Waals surface area contributed by atoms with Crippen molar-refractivity contribution >= 4 is 53.9 Å². The van der Waals surface area contributed by atoms with Crippen LogP contribution in [0.1, 0.15) is 0 Å². The predicted molar refractivity (Wildman–Crippen MR) is 274 cm³/mol. The van der Waals surface area contributed by atoms with Crippen LogP contribution in [0.15, 0.2) is 230 Å². The molecule has 300 valence electrons. The molecule has 4 heteroatoms.